The number of carbonyl (C=O) groups is 1. The van der Waals surface area contributed by atoms with Gasteiger partial charge in [0.05, 0.1) is 11.6 Å². The van der Waals surface area contributed by atoms with Crippen LogP contribution in [-0.4, -0.2) is 32.1 Å². The van der Waals surface area contributed by atoms with E-state index in [-0.39, 0.29) is 29.0 Å². The standard InChI is InChI=1S/C23H20F3N5O/c24-15-1-2-21-19(8-15)28-29-30(21)12-23-9-14(10-23)18(11-23)22(32)31-20(3-4-27-31)13-5-16(25)7-17(26)6-13/h1-2,4-8,14,18,20H,3,9-12H2/t14?,18-,20?,23?/m0/s1. The smallest absolute Gasteiger partial charge is 0.246 e. The minimum absolute atomic E-state index is 0.0517. The Morgan fingerprint density at radius 2 is 1.81 bits per heavy atom. The van der Waals surface area contributed by atoms with Gasteiger partial charge in [0, 0.05) is 37.2 Å². The highest BCUT2D eigenvalue weighted by molar-refractivity contribution is 5.83. The van der Waals surface area contributed by atoms with Crippen LogP contribution in [0.15, 0.2) is 41.5 Å². The molecule has 3 aromatic rings. The molecule has 2 atom stereocenters. The summed E-state index contributed by atoms with van der Waals surface area (Å²) in [6, 6.07) is 7.29. The van der Waals surface area contributed by atoms with E-state index >= 15 is 0 Å². The molecule has 3 saturated carbocycles. The molecular weight excluding hydrogens is 419 g/mol. The molecule has 0 radical (unpaired) electrons. The van der Waals surface area contributed by atoms with Crippen molar-refractivity contribution >= 4 is 23.2 Å². The first kappa shape index (κ1) is 19.5. The number of nitrogens with zero attached hydrogens (tertiary/aromatic N) is 5. The molecule has 2 heterocycles. The van der Waals surface area contributed by atoms with Crippen molar-refractivity contribution < 1.29 is 18.0 Å². The number of hydrogen-bond acceptors (Lipinski definition) is 4. The van der Waals surface area contributed by atoms with Crippen LogP contribution >= 0.6 is 0 Å². The molecule has 4 aliphatic rings. The number of hydrazone groups is 1. The first-order valence-electron chi connectivity index (χ1n) is 10.7. The van der Waals surface area contributed by atoms with Gasteiger partial charge in [0.1, 0.15) is 23.0 Å². The first-order chi connectivity index (χ1) is 15.4. The SMILES string of the molecule is O=C([C@H]1CC2(Cn3nnc4cc(F)ccc43)CC1C2)N1N=CCC1c1cc(F)cc(F)c1. The van der Waals surface area contributed by atoms with E-state index in [2.05, 4.69) is 15.4 Å². The van der Waals surface area contributed by atoms with Crippen LogP contribution < -0.4 is 0 Å². The lowest BCUT2D eigenvalue weighted by atomic mass is 9.69. The van der Waals surface area contributed by atoms with Crippen LogP contribution in [0.4, 0.5) is 13.2 Å². The van der Waals surface area contributed by atoms with Gasteiger partial charge in [0.15, 0.2) is 0 Å². The van der Waals surface area contributed by atoms with Gasteiger partial charge in [-0.15, -0.1) is 5.10 Å². The van der Waals surface area contributed by atoms with Gasteiger partial charge in [0.25, 0.3) is 0 Å². The lowest BCUT2D eigenvalue weighted by Gasteiger charge is -2.38. The van der Waals surface area contributed by atoms with Crippen molar-refractivity contribution in [3.8, 4) is 0 Å². The summed E-state index contributed by atoms with van der Waals surface area (Å²) in [5.41, 5.74) is 1.65. The summed E-state index contributed by atoms with van der Waals surface area (Å²) in [5, 5.41) is 13.9. The van der Waals surface area contributed by atoms with Gasteiger partial charge in [-0.2, -0.15) is 5.10 Å². The number of benzene rings is 2. The second-order valence-electron chi connectivity index (χ2n) is 9.29. The summed E-state index contributed by atoms with van der Waals surface area (Å²) >= 11 is 0. The van der Waals surface area contributed by atoms with Gasteiger partial charge in [-0.05, 0) is 60.4 Å². The number of fused-ring (bicyclic) bond motifs is 2. The number of rotatable bonds is 4. The predicted octanol–water partition coefficient (Wildman–Crippen LogP) is 4.22. The number of carbonyl (C=O) groups excluding carboxylic acids is 1. The van der Waals surface area contributed by atoms with E-state index in [0.717, 1.165) is 24.4 Å². The molecular formula is C23H20F3N5O. The van der Waals surface area contributed by atoms with Gasteiger partial charge in [-0.3, -0.25) is 4.79 Å². The fraction of sp³-hybridized carbons (Fsp3) is 0.391. The minimum atomic E-state index is -0.665. The first-order valence-corrected chi connectivity index (χ1v) is 10.7. The zero-order valence-corrected chi connectivity index (χ0v) is 17.1. The molecule has 32 heavy (non-hydrogen) atoms. The highest BCUT2D eigenvalue weighted by atomic mass is 19.1. The van der Waals surface area contributed by atoms with Gasteiger partial charge in [-0.25, -0.2) is 22.9 Å². The average Bonchev–Trinajstić information content (AvgIpc) is 3.48. The lowest BCUT2D eigenvalue weighted by Crippen LogP contribution is -2.35. The van der Waals surface area contributed by atoms with E-state index in [0.29, 0.717) is 30.5 Å². The van der Waals surface area contributed by atoms with E-state index in [9.17, 15) is 18.0 Å². The molecule has 7 rings (SSSR count). The molecule has 2 aromatic carbocycles. The lowest BCUT2D eigenvalue weighted by molar-refractivity contribution is -0.138. The van der Waals surface area contributed by atoms with E-state index in [1.165, 1.54) is 29.3 Å². The predicted molar refractivity (Wildman–Crippen MR) is 110 cm³/mol. The van der Waals surface area contributed by atoms with Crippen LogP contribution in [0.1, 0.15) is 37.3 Å². The second-order valence-corrected chi connectivity index (χ2v) is 9.29. The fourth-order valence-corrected chi connectivity index (χ4v) is 5.84. The third kappa shape index (κ3) is 3.02. The Kier molecular flexibility index (Phi) is 4.18. The van der Waals surface area contributed by atoms with Gasteiger partial charge < -0.3 is 0 Å². The van der Waals surface area contributed by atoms with Gasteiger partial charge >= 0.3 is 0 Å². The Hall–Kier alpha value is -3.23. The summed E-state index contributed by atoms with van der Waals surface area (Å²) in [5.74, 6) is -1.70. The van der Waals surface area contributed by atoms with Crippen LogP contribution in [-0.2, 0) is 11.3 Å². The highest BCUT2D eigenvalue weighted by Crippen LogP contribution is 2.63. The zero-order chi connectivity index (χ0) is 22.0. The molecule has 3 aliphatic carbocycles. The summed E-state index contributed by atoms with van der Waals surface area (Å²) in [4.78, 5) is 13.4. The van der Waals surface area contributed by atoms with Crippen LogP contribution in [0.3, 0.4) is 0 Å². The minimum Gasteiger partial charge on any atom is -0.273 e. The molecule has 9 heteroatoms. The molecule has 3 fully saturated rings. The van der Waals surface area contributed by atoms with Crippen molar-refractivity contribution in [1.29, 1.82) is 0 Å². The molecule has 6 nitrogen and oxygen atoms in total. The molecule has 2 bridgehead atoms. The molecule has 1 amide bonds. The quantitative estimate of drug-likeness (QED) is 0.611. The summed E-state index contributed by atoms with van der Waals surface area (Å²) in [6.07, 6.45) is 4.57. The van der Waals surface area contributed by atoms with Crippen LogP contribution in [0.25, 0.3) is 11.0 Å². The van der Waals surface area contributed by atoms with Crippen molar-refractivity contribution in [3.05, 3.63) is 59.4 Å². The van der Waals surface area contributed by atoms with Crippen LogP contribution in [0, 0.1) is 34.7 Å². The largest absolute Gasteiger partial charge is 0.273 e. The Labute approximate surface area is 181 Å². The maximum absolute atomic E-state index is 13.7. The Bertz CT molecular complexity index is 1250. The van der Waals surface area contributed by atoms with Crippen molar-refractivity contribution in [2.75, 3.05) is 0 Å². The van der Waals surface area contributed by atoms with Gasteiger partial charge in [-0.1, -0.05) is 5.21 Å². The third-order valence-corrected chi connectivity index (χ3v) is 7.22. The molecule has 1 aromatic heterocycles. The topological polar surface area (TPSA) is 63.4 Å². The Morgan fingerprint density at radius 3 is 2.59 bits per heavy atom. The number of aromatic nitrogens is 3. The van der Waals surface area contributed by atoms with Crippen LogP contribution in [0.2, 0.25) is 0 Å². The highest BCUT2D eigenvalue weighted by Gasteiger charge is 2.59. The molecule has 0 N–H and O–H groups in total. The maximum atomic E-state index is 13.7. The Morgan fingerprint density at radius 1 is 1.03 bits per heavy atom. The molecule has 0 saturated heterocycles. The number of halogens is 3. The normalized spacial score (nSPS) is 28.5. The molecule has 1 unspecified atom stereocenters. The van der Waals surface area contributed by atoms with Gasteiger partial charge in [0.2, 0.25) is 5.91 Å². The average molecular weight is 439 g/mol. The maximum Gasteiger partial charge on any atom is 0.246 e. The van der Waals surface area contributed by atoms with Crippen molar-refractivity contribution in [1.82, 2.24) is 20.0 Å². The molecule has 1 aliphatic heterocycles. The zero-order valence-electron chi connectivity index (χ0n) is 17.1. The van der Waals surface area contributed by atoms with Crippen LogP contribution in [0.5, 0.6) is 0 Å². The number of amides is 1. The Balaban J connectivity index is 1.20. The summed E-state index contributed by atoms with van der Waals surface area (Å²) < 4.78 is 42.7. The molecule has 164 valence electrons. The van der Waals surface area contributed by atoms with E-state index < -0.39 is 17.7 Å². The van der Waals surface area contributed by atoms with Crippen molar-refractivity contribution in [3.63, 3.8) is 0 Å². The van der Waals surface area contributed by atoms with E-state index in [1.807, 2.05) is 0 Å². The molecule has 0 spiro atoms. The van der Waals surface area contributed by atoms with Crippen molar-refractivity contribution in [2.45, 2.75) is 38.3 Å². The monoisotopic (exact) mass is 439 g/mol. The van der Waals surface area contributed by atoms with E-state index in [1.54, 1.807) is 17.0 Å². The van der Waals surface area contributed by atoms with E-state index in [4.69, 9.17) is 0 Å². The third-order valence-electron chi connectivity index (χ3n) is 7.22. The second kappa shape index (κ2) is 6.88. The summed E-state index contributed by atoms with van der Waals surface area (Å²) in [7, 11) is 0. The van der Waals surface area contributed by atoms with Crippen molar-refractivity contribution in [2.24, 2.45) is 22.4 Å². The fourth-order valence-electron chi connectivity index (χ4n) is 5.84. The summed E-state index contributed by atoms with van der Waals surface area (Å²) in [6.45, 7) is 0.622. The number of hydrogen-bond donors (Lipinski definition) is 0.